The van der Waals surface area contributed by atoms with Crippen LogP contribution in [0.4, 0.5) is 0 Å². The van der Waals surface area contributed by atoms with E-state index in [9.17, 15) is 5.11 Å². The quantitative estimate of drug-likeness (QED) is 0.680. The zero-order valence-corrected chi connectivity index (χ0v) is 14.8. The lowest BCUT2D eigenvalue weighted by Gasteiger charge is -2.22. The van der Waals surface area contributed by atoms with E-state index in [1.54, 1.807) is 23.9 Å². The third kappa shape index (κ3) is 4.12. The molecule has 0 saturated heterocycles. The number of nitrogens with one attached hydrogen (secondary N) is 1. The molecule has 3 atom stereocenters. The highest BCUT2D eigenvalue weighted by Gasteiger charge is 2.15. The monoisotopic (exact) mass is 341 g/mol. The average Bonchev–Trinajstić information content (AvgIpc) is 3.28. The Balaban J connectivity index is 1.57. The summed E-state index contributed by atoms with van der Waals surface area (Å²) in [6.07, 6.45) is 5.81. The molecule has 0 fully saturated rings. The van der Waals surface area contributed by atoms with Gasteiger partial charge in [-0.3, -0.25) is 0 Å². The molecule has 0 bridgehead atoms. The number of aliphatic hydroxyl groups is 1. The van der Waals surface area contributed by atoms with Gasteiger partial charge in [0.05, 0.1) is 12.4 Å². The molecule has 0 spiro atoms. The van der Waals surface area contributed by atoms with Gasteiger partial charge in [-0.2, -0.15) is 0 Å². The van der Waals surface area contributed by atoms with Gasteiger partial charge in [-0.05, 0) is 49.4 Å². The molecule has 24 heavy (non-hydrogen) atoms. The van der Waals surface area contributed by atoms with E-state index in [2.05, 4.69) is 48.4 Å². The molecule has 0 saturated carbocycles. The molecule has 0 radical (unpaired) electrons. The summed E-state index contributed by atoms with van der Waals surface area (Å²) in [4.78, 5) is 5.10. The number of hydrogen-bond donors (Lipinski definition) is 2. The summed E-state index contributed by atoms with van der Waals surface area (Å²) >= 11 is 1.60. The summed E-state index contributed by atoms with van der Waals surface area (Å²) in [6.45, 7) is 4.27. The largest absolute Gasteiger partial charge is 0.388 e. The van der Waals surface area contributed by atoms with E-state index in [0.29, 0.717) is 6.42 Å². The molecule has 4 nitrogen and oxygen atoms in total. The lowest BCUT2D eigenvalue weighted by Crippen LogP contribution is -2.30. The van der Waals surface area contributed by atoms with Crippen LogP contribution in [0.1, 0.15) is 42.9 Å². The van der Waals surface area contributed by atoms with Crippen molar-refractivity contribution in [2.75, 3.05) is 0 Å². The van der Waals surface area contributed by atoms with Gasteiger partial charge in [0.15, 0.2) is 0 Å². The molecule has 5 heteroatoms. The van der Waals surface area contributed by atoms with Crippen molar-refractivity contribution in [1.29, 1.82) is 0 Å². The number of benzene rings is 1. The molecule has 1 aromatic carbocycles. The highest BCUT2D eigenvalue weighted by atomic mass is 32.1. The molecular formula is C19H23N3OS. The second kappa shape index (κ2) is 7.75. The molecule has 0 aliphatic rings. The number of rotatable bonds is 7. The Morgan fingerprint density at radius 2 is 2.00 bits per heavy atom. The maximum atomic E-state index is 10.3. The smallest absolute Gasteiger partial charge is 0.0991 e. The predicted molar refractivity (Wildman–Crippen MR) is 98.5 cm³/mol. The maximum absolute atomic E-state index is 10.3. The summed E-state index contributed by atoms with van der Waals surface area (Å²) in [5.74, 6) is 0. The SMILES string of the molecule is CC(CC(O)c1cccs1)NC(C)c1ccc(-n2ccnc2)cc1. The third-order valence-electron chi connectivity index (χ3n) is 4.18. The van der Waals surface area contributed by atoms with Gasteiger partial charge >= 0.3 is 0 Å². The highest BCUT2D eigenvalue weighted by Crippen LogP contribution is 2.24. The number of thiophene rings is 1. The Labute approximate surface area is 146 Å². The first-order chi connectivity index (χ1) is 11.6. The van der Waals surface area contributed by atoms with E-state index in [1.165, 1.54) is 5.56 Å². The number of aromatic nitrogens is 2. The second-order valence-electron chi connectivity index (χ2n) is 6.12. The number of aliphatic hydroxyl groups excluding tert-OH is 1. The van der Waals surface area contributed by atoms with E-state index in [4.69, 9.17) is 0 Å². The van der Waals surface area contributed by atoms with Crippen LogP contribution in [0.15, 0.2) is 60.5 Å². The Bertz CT molecular complexity index is 723. The normalized spacial score (nSPS) is 15.1. The maximum Gasteiger partial charge on any atom is 0.0991 e. The standard InChI is InChI=1S/C19H23N3OS/c1-14(12-18(23)19-4-3-11-24-19)21-15(2)16-5-7-17(8-6-16)22-10-9-20-13-22/h3-11,13-15,18,21,23H,12H2,1-2H3. The van der Waals surface area contributed by atoms with E-state index in [0.717, 1.165) is 10.6 Å². The van der Waals surface area contributed by atoms with E-state index < -0.39 is 6.10 Å². The van der Waals surface area contributed by atoms with Crippen LogP contribution < -0.4 is 5.32 Å². The number of nitrogens with zero attached hydrogens (tertiary/aromatic N) is 2. The molecule has 0 amide bonds. The van der Waals surface area contributed by atoms with Crippen LogP contribution in [0.2, 0.25) is 0 Å². The third-order valence-corrected chi connectivity index (χ3v) is 5.15. The van der Waals surface area contributed by atoms with Crippen molar-refractivity contribution in [3.8, 4) is 5.69 Å². The summed E-state index contributed by atoms with van der Waals surface area (Å²) in [5, 5.41) is 15.8. The Hall–Kier alpha value is -1.95. The molecule has 3 unspecified atom stereocenters. The molecule has 2 heterocycles. The molecular weight excluding hydrogens is 318 g/mol. The van der Waals surface area contributed by atoms with Crippen molar-refractivity contribution in [2.45, 2.75) is 38.5 Å². The highest BCUT2D eigenvalue weighted by molar-refractivity contribution is 7.10. The van der Waals surface area contributed by atoms with Gasteiger partial charge in [-0.1, -0.05) is 18.2 Å². The van der Waals surface area contributed by atoms with Gasteiger partial charge in [-0.25, -0.2) is 4.98 Å². The van der Waals surface area contributed by atoms with Crippen LogP contribution in [-0.4, -0.2) is 20.7 Å². The van der Waals surface area contributed by atoms with Gasteiger partial charge in [0.25, 0.3) is 0 Å². The van der Waals surface area contributed by atoms with Crippen LogP contribution >= 0.6 is 11.3 Å². The van der Waals surface area contributed by atoms with Gasteiger partial charge in [0.1, 0.15) is 0 Å². The fourth-order valence-corrected chi connectivity index (χ4v) is 3.59. The molecule has 3 aromatic rings. The molecule has 0 aliphatic heterocycles. The minimum absolute atomic E-state index is 0.227. The summed E-state index contributed by atoms with van der Waals surface area (Å²) in [7, 11) is 0. The average molecular weight is 341 g/mol. The Kier molecular flexibility index (Phi) is 5.45. The first-order valence-corrected chi connectivity index (χ1v) is 9.07. The van der Waals surface area contributed by atoms with Crippen LogP contribution in [0.3, 0.4) is 0 Å². The van der Waals surface area contributed by atoms with Crippen LogP contribution in [0.5, 0.6) is 0 Å². The van der Waals surface area contributed by atoms with Crippen molar-refractivity contribution in [1.82, 2.24) is 14.9 Å². The van der Waals surface area contributed by atoms with Crippen molar-refractivity contribution < 1.29 is 5.11 Å². The minimum Gasteiger partial charge on any atom is -0.388 e. The fourth-order valence-electron chi connectivity index (χ4n) is 2.87. The minimum atomic E-state index is -0.400. The van der Waals surface area contributed by atoms with E-state index >= 15 is 0 Å². The first-order valence-electron chi connectivity index (χ1n) is 8.19. The summed E-state index contributed by atoms with van der Waals surface area (Å²) in [5.41, 5.74) is 2.33. The second-order valence-corrected chi connectivity index (χ2v) is 7.10. The van der Waals surface area contributed by atoms with Gasteiger partial charge in [0.2, 0.25) is 0 Å². The Morgan fingerprint density at radius 3 is 2.62 bits per heavy atom. The topological polar surface area (TPSA) is 50.1 Å². The number of hydrogen-bond acceptors (Lipinski definition) is 4. The van der Waals surface area contributed by atoms with Gasteiger partial charge < -0.3 is 15.0 Å². The first kappa shape index (κ1) is 16.9. The molecule has 3 rings (SSSR count). The van der Waals surface area contributed by atoms with Crippen LogP contribution in [0, 0.1) is 0 Å². The Morgan fingerprint density at radius 1 is 1.21 bits per heavy atom. The fraction of sp³-hybridized carbons (Fsp3) is 0.316. The lowest BCUT2D eigenvalue weighted by atomic mass is 10.0. The van der Waals surface area contributed by atoms with Crippen molar-refractivity contribution in [2.24, 2.45) is 0 Å². The summed E-state index contributed by atoms with van der Waals surface area (Å²) < 4.78 is 1.99. The molecule has 2 aromatic heterocycles. The van der Waals surface area contributed by atoms with Crippen LogP contribution in [0.25, 0.3) is 5.69 Å². The van der Waals surface area contributed by atoms with Crippen LogP contribution in [-0.2, 0) is 0 Å². The molecule has 2 N–H and O–H groups in total. The zero-order chi connectivity index (χ0) is 16.9. The molecule has 0 aliphatic carbocycles. The van der Waals surface area contributed by atoms with Gasteiger partial charge in [-0.15, -0.1) is 11.3 Å². The molecule has 126 valence electrons. The zero-order valence-electron chi connectivity index (χ0n) is 14.0. The van der Waals surface area contributed by atoms with Crippen molar-refractivity contribution >= 4 is 11.3 Å². The number of imidazole rings is 1. The van der Waals surface area contributed by atoms with Gasteiger partial charge in [0, 0.05) is 35.0 Å². The predicted octanol–water partition coefficient (Wildman–Crippen LogP) is 4.10. The van der Waals surface area contributed by atoms with Crippen molar-refractivity contribution in [3.63, 3.8) is 0 Å². The van der Waals surface area contributed by atoms with E-state index in [-0.39, 0.29) is 12.1 Å². The lowest BCUT2D eigenvalue weighted by molar-refractivity contribution is 0.155. The summed E-state index contributed by atoms with van der Waals surface area (Å²) in [6, 6.07) is 12.9. The van der Waals surface area contributed by atoms with Crippen molar-refractivity contribution in [3.05, 3.63) is 70.9 Å². The van der Waals surface area contributed by atoms with E-state index in [1.807, 2.05) is 28.3 Å².